The van der Waals surface area contributed by atoms with Gasteiger partial charge in [-0.25, -0.2) is 0 Å². The van der Waals surface area contributed by atoms with Crippen molar-refractivity contribution in [3.63, 3.8) is 0 Å². The fourth-order valence-corrected chi connectivity index (χ4v) is 2.10. The number of Topliss-reactive ketones (excluding diaryl/α,β-unsaturated/α-hetero) is 1. The minimum Gasteiger partial charge on any atom is -0.464 e. The number of fused-ring (bicyclic) bond motifs is 1. The van der Waals surface area contributed by atoms with Gasteiger partial charge < -0.3 is 9.15 Å². The van der Waals surface area contributed by atoms with Gasteiger partial charge in [0.25, 0.3) is 0 Å². The largest absolute Gasteiger partial charge is 0.464 e. The number of carbonyl (C=O) groups is 2. The molecule has 0 aliphatic heterocycles. The van der Waals surface area contributed by atoms with E-state index in [1.807, 2.05) is 45.0 Å². The molecule has 0 N–H and O–H groups in total. The summed E-state index contributed by atoms with van der Waals surface area (Å²) in [6.07, 6.45) is 2.19. The Morgan fingerprint density at radius 3 is 2.57 bits per heavy atom. The maximum Gasteiger partial charge on any atom is 0.306 e. The average Bonchev–Trinajstić information content (AvgIpc) is 2.78. The van der Waals surface area contributed by atoms with Gasteiger partial charge in [0.2, 0.25) is 0 Å². The molecule has 4 nitrogen and oxygen atoms in total. The van der Waals surface area contributed by atoms with Crippen LogP contribution in [0.3, 0.4) is 0 Å². The highest BCUT2D eigenvalue weighted by Gasteiger charge is 2.17. The van der Waals surface area contributed by atoms with Gasteiger partial charge in [-0.15, -0.1) is 0 Å². The van der Waals surface area contributed by atoms with Crippen molar-refractivity contribution in [2.45, 2.75) is 45.6 Å². The van der Waals surface area contributed by atoms with E-state index in [1.165, 1.54) is 0 Å². The second-order valence-electron chi connectivity index (χ2n) is 6.06. The molecule has 0 saturated carbocycles. The molecule has 0 bridgehead atoms. The molecule has 0 atom stereocenters. The monoisotopic (exact) mass is 288 g/mol. The zero-order valence-electron chi connectivity index (χ0n) is 12.6. The maximum absolute atomic E-state index is 12.0. The number of esters is 1. The zero-order chi connectivity index (χ0) is 15.5. The number of para-hydroxylation sites is 1. The third kappa shape index (κ3) is 4.45. The van der Waals surface area contributed by atoms with E-state index < -0.39 is 5.60 Å². The molecule has 0 unspecified atom stereocenters. The molecule has 0 spiro atoms. The van der Waals surface area contributed by atoms with E-state index in [-0.39, 0.29) is 31.0 Å². The van der Waals surface area contributed by atoms with E-state index in [1.54, 1.807) is 6.26 Å². The Hall–Kier alpha value is -2.10. The van der Waals surface area contributed by atoms with Gasteiger partial charge in [-0.05, 0) is 26.8 Å². The summed E-state index contributed by atoms with van der Waals surface area (Å²) in [5, 5.41) is 0.947. The molecule has 1 aromatic carbocycles. The number of ether oxygens (including phenoxy) is 1. The van der Waals surface area contributed by atoms with Crippen LogP contribution in [0, 0.1) is 0 Å². The third-order valence-corrected chi connectivity index (χ3v) is 2.98. The van der Waals surface area contributed by atoms with Crippen LogP contribution in [0.2, 0.25) is 0 Å². The third-order valence-electron chi connectivity index (χ3n) is 2.98. The fraction of sp³-hybridized carbons (Fsp3) is 0.412. The van der Waals surface area contributed by atoms with E-state index >= 15 is 0 Å². The number of ketones is 1. The van der Waals surface area contributed by atoms with Crippen molar-refractivity contribution in [1.82, 2.24) is 0 Å². The first-order valence-electron chi connectivity index (χ1n) is 7.04. The smallest absolute Gasteiger partial charge is 0.306 e. The standard InChI is InChI=1S/C17H20O4/c1-17(2,3)21-16(19)9-8-13(18)10-12-11-20-15-7-5-4-6-14(12)15/h4-7,11H,8-10H2,1-3H3. The van der Waals surface area contributed by atoms with Crippen LogP contribution >= 0.6 is 0 Å². The van der Waals surface area contributed by atoms with Gasteiger partial charge in [0.15, 0.2) is 0 Å². The number of hydrogen-bond donors (Lipinski definition) is 0. The summed E-state index contributed by atoms with van der Waals surface area (Å²) in [5.74, 6) is -0.333. The van der Waals surface area contributed by atoms with Crippen molar-refractivity contribution in [3.05, 3.63) is 36.1 Å². The van der Waals surface area contributed by atoms with Gasteiger partial charge in [0.1, 0.15) is 17.0 Å². The summed E-state index contributed by atoms with van der Waals surface area (Å²) in [5.41, 5.74) is 1.12. The van der Waals surface area contributed by atoms with Crippen LogP contribution in [0.1, 0.15) is 39.2 Å². The van der Waals surface area contributed by atoms with Crippen molar-refractivity contribution in [2.75, 3.05) is 0 Å². The Morgan fingerprint density at radius 1 is 1.14 bits per heavy atom. The quantitative estimate of drug-likeness (QED) is 0.788. The number of carbonyl (C=O) groups excluding carboxylic acids is 2. The topological polar surface area (TPSA) is 56.5 Å². The van der Waals surface area contributed by atoms with E-state index in [2.05, 4.69) is 0 Å². The van der Waals surface area contributed by atoms with Crippen LogP contribution in [0.5, 0.6) is 0 Å². The van der Waals surface area contributed by atoms with Crippen molar-refractivity contribution in [2.24, 2.45) is 0 Å². The summed E-state index contributed by atoms with van der Waals surface area (Å²) in [6.45, 7) is 5.43. The molecular weight excluding hydrogens is 268 g/mol. The molecule has 2 rings (SSSR count). The minimum absolute atomic E-state index is 0.00686. The van der Waals surface area contributed by atoms with Gasteiger partial charge in [-0.1, -0.05) is 18.2 Å². The molecule has 0 aliphatic carbocycles. The summed E-state index contributed by atoms with van der Waals surface area (Å²) in [6, 6.07) is 7.59. The van der Waals surface area contributed by atoms with Gasteiger partial charge in [0, 0.05) is 23.8 Å². The molecule has 0 fully saturated rings. The molecule has 4 heteroatoms. The van der Waals surface area contributed by atoms with Crippen LogP contribution in [-0.2, 0) is 20.7 Å². The second kappa shape index (κ2) is 6.12. The lowest BCUT2D eigenvalue weighted by molar-refractivity contribution is -0.155. The van der Waals surface area contributed by atoms with Crippen LogP contribution in [-0.4, -0.2) is 17.4 Å². The Kier molecular flexibility index (Phi) is 4.46. The van der Waals surface area contributed by atoms with Crippen LogP contribution in [0.15, 0.2) is 34.9 Å². The van der Waals surface area contributed by atoms with Crippen molar-refractivity contribution < 1.29 is 18.7 Å². The molecule has 0 amide bonds. The Bertz CT molecular complexity index is 646. The summed E-state index contributed by atoms with van der Waals surface area (Å²) in [7, 11) is 0. The van der Waals surface area contributed by atoms with E-state index in [9.17, 15) is 9.59 Å². The van der Waals surface area contributed by atoms with Gasteiger partial charge in [0.05, 0.1) is 12.7 Å². The first-order chi connectivity index (χ1) is 9.85. The number of benzene rings is 1. The number of furan rings is 1. The second-order valence-corrected chi connectivity index (χ2v) is 6.06. The summed E-state index contributed by atoms with van der Waals surface area (Å²) in [4.78, 5) is 23.6. The molecule has 2 aromatic rings. The molecule has 1 heterocycles. The lowest BCUT2D eigenvalue weighted by atomic mass is 10.0. The SMILES string of the molecule is CC(C)(C)OC(=O)CCC(=O)Cc1coc2ccccc12. The predicted molar refractivity (Wildman–Crippen MR) is 80.0 cm³/mol. The highest BCUT2D eigenvalue weighted by atomic mass is 16.6. The molecule has 1 aromatic heterocycles. The molecular formula is C17H20O4. The minimum atomic E-state index is -0.513. The first kappa shape index (κ1) is 15.3. The van der Waals surface area contributed by atoms with Crippen molar-refractivity contribution >= 4 is 22.7 Å². The molecule has 21 heavy (non-hydrogen) atoms. The molecule has 0 radical (unpaired) electrons. The number of rotatable bonds is 5. The average molecular weight is 288 g/mol. The maximum atomic E-state index is 12.0. The normalized spacial score (nSPS) is 11.6. The highest BCUT2D eigenvalue weighted by molar-refractivity contribution is 5.89. The van der Waals surface area contributed by atoms with Gasteiger partial charge in [-0.3, -0.25) is 9.59 Å². The van der Waals surface area contributed by atoms with Crippen molar-refractivity contribution in [3.8, 4) is 0 Å². The Balaban J connectivity index is 1.89. The van der Waals surface area contributed by atoms with E-state index in [4.69, 9.17) is 9.15 Å². The van der Waals surface area contributed by atoms with E-state index in [0.717, 1.165) is 16.5 Å². The summed E-state index contributed by atoms with van der Waals surface area (Å²) < 4.78 is 10.6. The van der Waals surface area contributed by atoms with Gasteiger partial charge >= 0.3 is 5.97 Å². The van der Waals surface area contributed by atoms with Crippen LogP contribution in [0.25, 0.3) is 11.0 Å². The zero-order valence-corrected chi connectivity index (χ0v) is 12.6. The fourth-order valence-electron chi connectivity index (χ4n) is 2.10. The lowest BCUT2D eigenvalue weighted by Gasteiger charge is -2.19. The van der Waals surface area contributed by atoms with Crippen molar-refractivity contribution in [1.29, 1.82) is 0 Å². The molecule has 0 saturated heterocycles. The highest BCUT2D eigenvalue weighted by Crippen LogP contribution is 2.21. The Labute approximate surface area is 124 Å². The molecule has 112 valence electrons. The lowest BCUT2D eigenvalue weighted by Crippen LogP contribution is -2.24. The van der Waals surface area contributed by atoms with Crippen LogP contribution in [0.4, 0.5) is 0 Å². The Morgan fingerprint density at radius 2 is 1.86 bits per heavy atom. The summed E-state index contributed by atoms with van der Waals surface area (Å²) >= 11 is 0. The van der Waals surface area contributed by atoms with Gasteiger partial charge in [-0.2, -0.15) is 0 Å². The predicted octanol–water partition coefficient (Wildman–Crippen LogP) is 3.67. The van der Waals surface area contributed by atoms with Crippen LogP contribution < -0.4 is 0 Å². The molecule has 0 aliphatic rings. The first-order valence-corrected chi connectivity index (χ1v) is 7.04. The van der Waals surface area contributed by atoms with E-state index in [0.29, 0.717) is 0 Å². The number of hydrogen-bond acceptors (Lipinski definition) is 4.